The Kier molecular flexibility index (Phi) is 4.54. The van der Waals surface area contributed by atoms with Gasteiger partial charge in [0.15, 0.2) is 0 Å². The van der Waals surface area contributed by atoms with Crippen molar-refractivity contribution in [3.05, 3.63) is 52.7 Å². The van der Waals surface area contributed by atoms with Crippen LogP contribution >= 0.6 is 0 Å². The predicted molar refractivity (Wildman–Crippen MR) is 106 cm³/mol. The first kappa shape index (κ1) is 18.8. The van der Waals surface area contributed by atoms with Crippen LogP contribution in [0.1, 0.15) is 22.4 Å². The lowest BCUT2D eigenvalue weighted by molar-refractivity contribution is 0.205. The Labute approximate surface area is 172 Å². The Bertz CT molecular complexity index is 1120. The van der Waals surface area contributed by atoms with Crippen LogP contribution < -0.4 is 5.32 Å². The number of aryl methyl sites for hydroxylation is 1. The van der Waals surface area contributed by atoms with Gasteiger partial charge in [-0.3, -0.25) is 4.68 Å². The Morgan fingerprint density at radius 3 is 3.10 bits per heavy atom. The molecule has 1 unspecified atom stereocenters. The van der Waals surface area contributed by atoms with Crippen molar-refractivity contribution in [3.8, 4) is 11.4 Å². The average Bonchev–Trinajstić information content (AvgIpc) is 3.29. The second-order valence-electron chi connectivity index (χ2n) is 7.96. The lowest BCUT2D eigenvalue weighted by atomic mass is 9.99. The molecule has 0 spiro atoms. The van der Waals surface area contributed by atoms with Gasteiger partial charge in [-0.05, 0) is 37.1 Å². The van der Waals surface area contributed by atoms with Crippen LogP contribution in [0.5, 0.6) is 0 Å². The van der Waals surface area contributed by atoms with Gasteiger partial charge in [-0.1, -0.05) is 5.16 Å². The van der Waals surface area contributed by atoms with Gasteiger partial charge in [0, 0.05) is 48.8 Å². The van der Waals surface area contributed by atoms with Crippen molar-refractivity contribution in [2.24, 2.45) is 5.92 Å². The van der Waals surface area contributed by atoms with Gasteiger partial charge in [0.1, 0.15) is 17.8 Å². The highest BCUT2D eigenvalue weighted by Crippen LogP contribution is 2.35. The third-order valence-corrected chi connectivity index (χ3v) is 5.86. The Morgan fingerprint density at radius 1 is 1.43 bits per heavy atom. The van der Waals surface area contributed by atoms with Crippen molar-refractivity contribution in [2.45, 2.75) is 32.9 Å². The van der Waals surface area contributed by atoms with E-state index in [9.17, 15) is 14.3 Å². The highest BCUT2D eigenvalue weighted by molar-refractivity contribution is 5.89. The smallest absolute Gasteiger partial charge is 0.322 e. The van der Waals surface area contributed by atoms with Gasteiger partial charge in [-0.25, -0.2) is 9.18 Å². The van der Waals surface area contributed by atoms with E-state index in [0.717, 1.165) is 28.2 Å². The number of hydrogen-bond acceptors (Lipinski definition) is 5. The van der Waals surface area contributed by atoms with E-state index in [1.807, 2.05) is 4.68 Å². The van der Waals surface area contributed by atoms with Gasteiger partial charge in [0.25, 0.3) is 0 Å². The van der Waals surface area contributed by atoms with Crippen molar-refractivity contribution in [1.29, 1.82) is 0 Å². The first-order valence-corrected chi connectivity index (χ1v) is 9.98. The van der Waals surface area contributed by atoms with E-state index in [-0.39, 0.29) is 24.4 Å². The molecule has 30 heavy (non-hydrogen) atoms. The number of anilines is 1. The first-order chi connectivity index (χ1) is 14.5. The average molecular weight is 411 g/mol. The van der Waals surface area contributed by atoms with E-state index in [4.69, 9.17) is 9.62 Å². The number of carbonyl (C=O) groups excluding carboxylic acids is 1. The molecule has 156 valence electrons. The Hall–Kier alpha value is -3.20. The number of rotatable bonds is 2. The van der Waals surface area contributed by atoms with Gasteiger partial charge in [0.2, 0.25) is 0 Å². The summed E-state index contributed by atoms with van der Waals surface area (Å²) >= 11 is 0. The maximum absolute atomic E-state index is 13.5. The van der Waals surface area contributed by atoms with Crippen LogP contribution in [-0.4, -0.2) is 44.1 Å². The second-order valence-corrected chi connectivity index (χ2v) is 7.96. The molecule has 9 heteroatoms. The predicted octanol–water partition coefficient (Wildman–Crippen LogP) is 2.74. The highest BCUT2D eigenvalue weighted by atomic mass is 19.1. The van der Waals surface area contributed by atoms with E-state index >= 15 is 0 Å². The van der Waals surface area contributed by atoms with Crippen LogP contribution in [0, 0.1) is 18.7 Å². The Balaban J connectivity index is 1.43. The number of aliphatic hydroxyl groups excluding tert-OH is 1. The number of hydrogen-bond donors (Lipinski definition) is 2. The molecule has 3 aromatic rings. The van der Waals surface area contributed by atoms with Gasteiger partial charge in [-0.2, -0.15) is 5.10 Å². The molecular formula is C21H22FN5O3. The number of nitrogens with one attached hydrogen (secondary N) is 1. The summed E-state index contributed by atoms with van der Waals surface area (Å²) in [5.41, 5.74) is 5.48. The van der Waals surface area contributed by atoms with Crippen molar-refractivity contribution in [3.63, 3.8) is 0 Å². The van der Waals surface area contributed by atoms with E-state index in [0.29, 0.717) is 43.7 Å². The fourth-order valence-electron chi connectivity index (χ4n) is 4.26. The molecule has 2 amide bonds. The van der Waals surface area contributed by atoms with Gasteiger partial charge >= 0.3 is 6.03 Å². The van der Waals surface area contributed by atoms with Gasteiger partial charge in [-0.15, -0.1) is 0 Å². The third kappa shape index (κ3) is 3.15. The van der Waals surface area contributed by atoms with E-state index in [2.05, 4.69) is 10.5 Å². The molecule has 2 aliphatic rings. The monoisotopic (exact) mass is 411 g/mol. The van der Waals surface area contributed by atoms with Crippen LogP contribution in [0.2, 0.25) is 0 Å². The molecule has 0 saturated heterocycles. The van der Waals surface area contributed by atoms with E-state index < -0.39 is 0 Å². The molecule has 1 atom stereocenters. The lowest BCUT2D eigenvalue weighted by Crippen LogP contribution is -2.38. The van der Waals surface area contributed by atoms with Crippen molar-refractivity contribution < 1.29 is 18.8 Å². The van der Waals surface area contributed by atoms with Crippen molar-refractivity contribution in [1.82, 2.24) is 19.8 Å². The first-order valence-electron chi connectivity index (χ1n) is 9.98. The molecule has 0 bridgehead atoms. The number of nitrogens with zero attached hydrogens (tertiary/aromatic N) is 4. The maximum Gasteiger partial charge on any atom is 0.322 e. The number of benzene rings is 1. The van der Waals surface area contributed by atoms with E-state index in [1.165, 1.54) is 6.07 Å². The lowest BCUT2D eigenvalue weighted by Gasteiger charge is -2.27. The SMILES string of the molecule is Cc1cc(NC(=O)N2CCc3nn4c(c3C2)-c2nocc2CC(CO)C4)ccc1F. The molecular weight excluding hydrogens is 389 g/mol. The number of aromatic nitrogens is 3. The minimum Gasteiger partial charge on any atom is -0.396 e. The highest BCUT2D eigenvalue weighted by Gasteiger charge is 2.33. The summed E-state index contributed by atoms with van der Waals surface area (Å²) in [6.45, 7) is 3.24. The molecule has 8 nitrogen and oxygen atoms in total. The number of aliphatic hydroxyl groups is 1. The maximum atomic E-state index is 13.5. The zero-order chi connectivity index (χ0) is 20.8. The fraction of sp³-hybridized carbons (Fsp3) is 0.381. The molecule has 4 heterocycles. The summed E-state index contributed by atoms with van der Waals surface area (Å²) in [6.07, 6.45) is 2.92. The van der Waals surface area contributed by atoms with Gasteiger partial charge in [0.05, 0.1) is 17.9 Å². The molecule has 0 radical (unpaired) electrons. The minimum atomic E-state index is -0.303. The normalized spacial score (nSPS) is 17.7. The quantitative estimate of drug-likeness (QED) is 0.676. The summed E-state index contributed by atoms with van der Waals surface area (Å²) in [6, 6.07) is 4.28. The van der Waals surface area contributed by atoms with Crippen molar-refractivity contribution >= 4 is 11.7 Å². The van der Waals surface area contributed by atoms with Crippen LogP contribution in [0.15, 0.2) is 29.0 Å². The molecule has 2 aliphatic heterocycles. The van der Waals surface area contributed by atoms with E-state index in [1.54, 1.807) is 30.2 Å². The zero-order valence-corrected chi connectivity index (χ0v) is 16.6. The molecule has 0 aliphatic carbocycles. The summed E-state index contributed by atoms with van der Waals surface area (Å²) in [7, 11) is 0. The number of amides is 2. The number of fused-ring (bicyclic) bond motifs is 5. The Morgan fingerprint density at radius 2 is 2.30 bits per heavy atom. The number of urea groups is 1. The standard InChI is InChI=1S/C21H22FN5O3/c1-12-6-15(2-3-17(12)22)23-21(29)26-5-4-18-16(9-26)20-19-14(11-30-25-19)7-13(10-28)8-27(20)24-18/h2-3,6,11,13,28H,4-5,7-10H2,1H3,(H,23,29). The molecule has 0 saturated carbocycles. The molecule has 2 N–H and O–H groups in total. The van der Waals surface area contributed by atoms with Crippen LogP contribution in [0.25, 0.3) is 11.4 Å². The van der Waals surface area contributed by atoms with Crippen molar-refractivity contribution in [2.75, 3.05) is 18.5 Å². The molecule has 0 fully saturated rings. The summed E-state index contributed by atoms with van der Waals surface area (Å²) in [5, 5.41) is 21.5. The van der Waals surface area contributed by atoms with Crippen LogP contribution in [0.3, 0.4) is 0 Å². The molecule has 2 aromatic heterocycles. The minimum absolute atomic E-state index is 0.0341. The summed E-state index contributed by atoms with van der Waals surface area (Å²) < 4.78 is 20.6. The summed E-state index contributed by atoms with van der Waals surface area (Å²) in [5.74, 6) is -0.269. The second kappa shape index (κ2) is 7.24. The van der Waals surface area contributed by atoms with Crippen LogP contribution in [0.4, 0.5) is 14.9 Å². The number of carbonyl (C=O) groups is 1. The van der Waals surface area contributed by atoms with Gasteiger partial charge < -0.3 is 19.8 Å². The summed E-state index contributed by atoms with van der Waals surface area (Å²) in [4.78, 5) is 14.6. The number of halogens is 1. The fourth-order valence-corrected chi connectivity index (χ4v) is 4.26. The topological polar surface area (TPSA) is 96.4 Å². The largest absolute Gasteiger partial charge is 0.396 e. The zero-order valence-electron chi connectivity index (χ0n) is 16.6. The molecule has 5 rings (SSSR count). The molecule has 1 aromatic carbocycles. The third-order valence-electron chi connectivity index (χ3n) is 5.86. The van der Waals surface area contributed by atoms with Crippen LogP contribution in [-0.2, 0) is 25.9 Å².